The maximum Gasteiger partial charge on any atom is 0.134 e. The molecular formula is C14H14BrFN2S. The summed E-state index contributed by atoms with van der Waals surface area (Å²) in [5.41, 5.74) is 7.46. The molecular weight excluding hydrogens is 327 g/mol. The van der Waals surface area contributed by atoms with Crippen LogP contribution in [-0.4, -0.2) is 11.5 Å². The minimum absolute atomic E-state index is 0.232. The van der Waals surface area contributed by atoms with Gasteiger partial charge < -0.3 is 5.73 Å². The minimum atomic E-state index is -0.232. The van der Waals surface area contributed by atoms with Gasteiger partial charge in [0.25, 0.3) is 0 Å². The maximum absolute atomic E-state index is 14.0. The molecule has 0 fully saturated rings. The summed E-state index contributed by atoms with van der Waals surface area (Å²) < 4.78 is 14.7. The van der Waals surface area contributed by atoms with Crippen molar-refractivity contribution in [1.82, 2.24) is 4.98 Å². The zero-order valence-corrected chi connectivity index (χ0v) is 12.7. The molecule has 0 saturated carbocycles. The fraction of sp³-hybridized carbons (Fsp3) is 0.357. The second kappa shape index (κ2) is 5.31. The first-order valence-electron chi connectivity index (χ1n) is 6.34. The first kappa shape index (κ1) is 13.2. The van der Waals surface area contributed by atoms with Gasteiger partial charge in [0.1, 0.15) is 10.8 Å². The predicted octanol–water partition coefficient (Wildman–Crippen LogP) is 4.09. The molecule has 0 saturated heterocycles. The lowest BCUT2D eigenvalue weighted by Crippen LogP contribution is -2.17. The summed E-state index contributed by atoms with van der Waals surface area (Å²) in [6.07, 6.45) is 3.27. The average molecular weight is 341 g/mol. The number of aromatic nitrogens is 1. The van der Waals surface area contributed by atoms with E-state index in [1.165, 1.54) is 10.9 Å². The molecule has 1 aliphatic rings. The molecule has 0 aliphatic heterocycles. The smallest absolute Gasteiger partial charge is 0.134 e. The molecule has 0 amide bonds. The quantitative estimate of drug-likeness (QED) is 0.894. The van der Waals surface area contributed by atoms with Crippen LogP contribution in [0.1, 0.15) is 29.3 Å². The highest BCUT2D eigenvalue weighted by Crippen LogP contribution is 2.40. The van der Waals surface area contributed by atoms with Gasteiger partial charge >= 0.3 is 0 Å². The van der Waals surface area contributed by atoms with Gasteiger partial charge in [0.05, 0.1) is 11.3 Å². The van der Waals surface area contributed by atoms with Crippen molar-refractivity contribution in [3.63, 3.8) is 0 Å². The fourth-order valence-electron chi connectivity index (χ4n) is 2.55. The van der Waals surface area contributed by atoms with Crippen molar-refractivity contribution in [1.29, 1.82) is 0 Å². The number of aryl methyl sites for hydroxylation is 1. The lowest BCUT2D eigenvalue weighted by atomic mass is 9.91. The van der Waals surface area contributed by atoms with Crippen molar-refractivity contribution < 1.29 is 4.39 Å². The first-order chi connectivity index (χ1) is 9.20. The maximum atomic E-state index is 14.0. The van der Waals surface area contributed by atoms with Crippen molar-refractivity contribution in [2.45, 2.75) is 25.2 Å². The van der Waals surface area contributed by atoms with Gasteiger partial charge in [-0.2, -0.15) is 0 Å². The Hall–Kier alpha value is -0.780. The molecule has 100 valence electrons. The summed E-state index contributed by atoms with van der Waals surface area (Å²) in [6.45, 7) is 0.620. The number of thiazole rings is 1. The number of benzene rings is 1. The Morgan fingerprint density at radius 3 is 3.05 bits per heavy atom. The highest BCUT2D eigenvalue weighted by atomic mass is 79.9. The highest BCUT2D eigenvalue weighted by Gasteiger charge is 2.25. The lowest BCUT2D eigenvalue weighted by molar-refractivity contribution is 0.554. The molecule has 2 aromatic rings. The Kier molecular flexibility index (Phi) is 3.69. The molecule has 2 nitrogen and oxygen atoms in total. The Labute approximate surface area is 124 Å². The van der Waals surface area contributed by atoms with Crippen molar-refractivity contribution in [2.75, 3.05) is 6.54 Å². The van der Waals surface area contributed by atoms with Gasteiger partial charge in [0.2, 0.25) is 0 Å². The van der Waals surface area contributed by atoms with Crippen molar-refractivity contribution in [3.05, 3.63) is 39.1 Å². The lowest BCUT2D eigenvalue weighted by Gasteiger charge is -2.18. The van der Waals surface area contributed by atoms with Gasteiger partial charge in [-0.1, -0.05) is 6.07 Å². The van der Waals surface area contributed by atoms with Crippen LogP contribution in [0.15, 0.2) is 22.7 Å². The highest BCUT2D eigenvalue weighted by molar-refractivity contribution is 9.10. The number of hydrogen-bond acceptors (Lipinski definition) is 3. The topological polar surface area (TPSA) is 38.9 Å². The molecule has 1 aromatic heterocycles. The molecule has 1 aromatic carbocycles. The van der Waals surface area contributed by atoms with Gasteiger partial charge in [0, 0.05) is 21.8 Å². The van der Waals surface area contributed by atoms with E-state index in [4.69, 9.17) is 5.73 Å². The van der Waals surface area contributed by atoms with Crippen molar-refractivity contribution in [2.24, 2.45) is 5.73 Å². The number of nitrogens with two attached hydrogens (primary N) is 1. The molecule has 2 N–H and O–H groups in total. The second-order valence-electron chi connectivity index (χ2n) is 4.75. The summed E-state index contributed by atoms with van der Waals surface area (Å²) in [5.74, 6) is 0.101. The van der Waals surface area contributed by atoms with E-state index in [1.807, 2.05) is 6.07 Å². The normalized spacial score (nSPS) is 18.4. The first-order valence-corrected chi connectivity index (χ1v) is 7.95. The Morgan fingerprint density at radius 1 is 1.47 bits per heavy atom. The molecule has 3 rings (SSSR count). The number of hydrogen-bond donors (Lipinski definition) is 1. The predicted molar refractivity (Wildman–Crippen MR) is 79.9 cm³/mol. The van der Waals surface area contributed by atoms with E-state index in [9.17, 15) is 4.39 Å². The van der Waals surface area contributed by atoms with E-state index < -0.39 is 0 Å². The van der Waals surface area contributed by atoms with E-state index >= 15 is 0 Å². The second-order valence-corrected chi connectivity index (χ2v) is 6.69. The summed E-state index contributed by atoms with van der Waals surface area (Å²) in [6, 6.07) is 5.01. The zero-order chi connectivity index (χ0) is 13.4. The molecule has 0 radical (unpaired) electrons. The summed E-state index contributed by atoms with van der Waals surface area (Å²) in [5, 5.41) is 0.760. The zero-order valence-electron chi connectivity index (χ0n) is 10.3. The molecule has 19 heavy (non-hydrogen) atoms. The summed E-state index contributed by atoms with van der Waals surface area (Å²) in [7, 11) is 0. The van der Waals surface area contributed by atoms with E-state index in [-0.39, 0.29) is 5.82 Å². The van der Waals surface area contributed by atoms with Crippen LogP contribution in [0.2, 0.25) is 0 Å². The standard InChI is InChI=1S/C14H14BrFN2S/c15-9-4-2-5-10(16)12(9)14-18-13-8(7-17)3-1-6-11(13)19-14/h2,4-5,8H,1,3,6-7,17H2. The van der Waals surface area contributed by atoms with Gasteiger partial charge in [-0.15, -0.1) is 11.3 Å². The molecule has 5 heteroatoms. The Bertz CT molecular complexity index is 591. The van der Waals surface area contributed by atoms with Crippen LogP contribution in [0, 0.1) is 5.82 Å². The monoisotopic (exact) mass is 340 g/mol. The number of halogens is 2. The Morgan fingerprint density at radius 2 is 2.32 bits per heavy atom. The molecule has 1 aliphatic carbocycles. The summed E-state index contributed by atoms with van der Waals surface area (Å²) in [4.78, 5) is 5.93. The van der Waals surface area contributed by atoms with Gasteiger partial charge in [-0.25, -0.2) is 9.37 Å². The van der Waals surface area contributed by atoms with Crippen LogP contribution in [0.3, 0.4) is 0 Å². The SMILES string of the molecule is NCC1CCCc2sc(-c3c(F)cccc3Br)nc21. The molecule has 1 unspecified atom stereocenters. The van der Waals surface area contributed by atoms with E-state index in [0.29, 0.717) is 18.0 Å². The fourth-order valence-corrected chi connectivity index (χ4v) is 4.46. The van der Waals surface area contributed by atoms with Crippen molar-refractivity contribution >= 4 is 27.3 Å². The third-order valence-corrected chi connectivity index (χ3v) is 5.34. The van der Waals surface area contributed by atoms with Crippen LogP contribution < -0.4 is 5.73 Å². The van der Waals surface area contributed by atoms with Crippen LogP contribution in [0.25, 0.3) is 10.6 Å². The van der Waals surface area contributed by atoms with Crippen LogP contribution >= 0.6 is 27.3 Å². The van der Waals surface area contributed by atoms with E-state index in [1.54, 1.807) is 17.4 Å². The molecule has 1 atom stereocenters. The van der Waals surface area contributed by atoms with Gasteiger partial charge in [-0.05, 0) is 47.3 Å². The van der Waals surface area contributed by atoms with Gasteiger partial charge in [-0.3, -0.25) is 0 Å². The van der Waals surface area contributed by atoms with Crippen LogP contribution in [-0.2, 0) is 6.42 Å². The number of fused-ring (bicyclic) bond motifs is 1. The largest absolute Gasteiger partial charge is 0.330 e. The number of rotatable bonds is 2. The van der Waals surface area contributed by atoms with E-state index in [0.717, 1.165) is 34.4 Å². The van der Waals surface area contributed by atoms with Crippen molar-refractivity contribution in [3.8, 4) is 10.6 Å². The van der Waals surface area contributed by atoms with Gasteiger partial charge in [0.15, 0.2) is 0 Å². The summed E-state index contributed by atoms with van der Waals surface area (Å²) >= 11 is 5.01. The molecule has 0 bridgehead atoms. The third kappa shape index (κ3) is 2.35. The molecule has 1 heterocycles. The Balaban J connectivity index is 2.10. The minimum Gasteiger partial charge on any atom is -0.330 e. The van der Waals surface area contributed by atoms with Crippen LogP contribution in [0.5, 0.6) is 0 Å². The third-order valence-electron chi connectivity index (χ3n) is 3.53. The molecule has 0 spiro atoms. The average Bonchev–Trinajstić information content (AvgIpc) is 2.81. The number of nitrogens with zero attached hydrogens (tertiary/aromatic N) is 1. The van der Waals surface area contributed by atoms with Crippen LogP contribution in [0.4, 0.5) is 4.39 Å². The van der Waals surface area contributed by atoms with E-state index in [2.05, 4.69) is 20.9 Å².